The van der Waals surface area contributed by atoms with Gasteiger partial charge in [-0.05, 0) is 29.8 Å². The van der Waals surface area contributed by atoms with Crippen LogP contribution in [-0.4, -0.2) is 42.3 Å². The Morgan fingerprint density at radius 2 is 1.90 bits per heavy atom. The van der Waals surface area contributed by atoms with Gasteiger partial charge in [-0.25, -0.2) is 12.8 Å². The van der Waals surface area contributed by atoms with E-state index in [1.807, 2.05) is 0 Å². The molecule has 1 amide bonds. The summed E-state index contributed by atoms with van der Waals surface area (Å²) in [6.45, 7) is 0. The van der Waals surface area contributed by atoms with Crippen molar-refractivity contribution < 1.29 is 17.6 Å². The molecule has 4 rings (SSSR count). The number of aliphatic imine (C=N–C) groups is 1. The van der Waals surface area contributed by atoms with Crippen LogP contribution in [0.1, 0.15) is 5.56 Å². The molecule has 0 bridgehead atoms. The van der Waals surface area contributed by atoms with Crippen LogP contribution in [0.4, 0.5) is 10.1 Å². The zero-order chi connectivity index (χ0) is 20.8. The van der Waals surface area contributed by atoms with Crippen molar-refractivity contribution in [2.24, 2.45) is 4.99 Å². The Balaban J connectivity index is 1.67. The van der Waals surface area contributed by atoms with Crippen molar-refractivity contribution in [2.45, 2.75) is 17.7 Å². The number of anilines is 1. The molecule has 0 spiro atoms. The van der Waals surface area contributed by atoms with Gasteiger partial charge in [-0.2, -0.15) is 4.99 Å². The van der Waals surface area contributed by atoms with Gasteiger partial charge in [0.1, 0.15) is 5.82 Å². The number of rotatable bonds is 3. The molecule has 152 valence electrons. The molecule has 0 saturated carbocycles. The second-order valence-electron chi connectivity index (χ2n) is 6.83. The maximum Gasteiger partial charge on any atom is 0.252 e. The number of thioether (sulfide) groups is 1. The monoisotopic (exact) mass is 472 g/mol. The molecular formula is C19H15Cl2FN2O3S2. The van der Waals surface area contributed by atoms with Crippen LogP contribution in [0, 0.1) is 5.82 Å². The number of hydrogen-bond donors (Lipinski definition) is 0. The molecule has 2 aliphatic rings. The van der Waals surface area contributed by atoms with E-state index >= 15 is 0 Å². The van der Waals surface area contributed by atoms with Gasteiger partial charge in [0, 0.05) is 5.25 Å². The highest BCUT2D eigenvalue weighted by Crippen LogP contribution is 2.44. The average Bonchev–Trinajstić information content (AvgIpc) is 3.10. The SMILES string of the molecule is O=C(Cc1ccc(F)cc1)N=C1S[C@@H]2CS(=O)(=O)C[C@@H]2N1c1cccc(Cl)c1Cl. The van der Waals surface area contributed by atoms with Crippen molar-refractivity contribution in [1.82, 2.24) is 0 Å². The third kappa shape index (κ3) is 4.30. The van der Waals surface area contributed by atoms with E-state index in [4.69, 9.17) is 23.2 Å². The molecule has 2 saturated heterocycles. The average molecular weight is 473 g/mol. The van der Waals surface area contributed by atoms with Crippen LogP contribution < -0.4 is 4.90 Å². The molecule has 2 heterocycles. The lowest BCUT2D eigenvalue weighted by Gasteiger charge is -2.25. The second kappa shape index (κ2) is 7.91. The first kappa shape index (κ1) is 20.7. The minimum Gasteiger partial charge on any atom is -0.314 e. The Kier molecular flexibility index (Phi) is 5.63. The maximum absolute atomic E-state index is 13.1. The number of hydrogen-bond acceptors (Lipinski definition) is 4. The third-order valence-corrected chi connectivity index (χ3v) is 8.76. The van der Waals surface area contributed by atoms with Crippen molar-refractivity contribution in [3.05, 3.63) is 63.9 Å². The summed E-state index contributed by atoms with van der Waals surface area (Å²) in [4.78, 5) is 18.5. The topological polar surface area (TPSA) is 66.8 Å². The quantitative estimate of drug-likeness (QED) is 0.675. The van der Waals surface area contributed by atoms with Crippen LogP contribution >= 0.6 is 35.0 Å². The van der Waals surface area contributed by atoms with E-state index < -0.39 is 15.7 Å². The maximum atomic E-state index is 13.1. The highest BCUT2D eigenvalue weighted by atomic mass is 35.5. The molecule has 0 N–H and O–H groups in total. The summed E-state index contributed by atoms with van der Waals surface area (Å²) in [6, 6.07) is 10.3. The molecule has 0 radical (unpaired) electrons. The zero-order valence-corrected chi connectivity index (χ0v) is 18.0. The number of halogens is 3. The molecule has 2 atom stereocenters. The molecule has 0 unspecified atom stereocenters. The number of fused-ring (bicyclic) bond motifs is 1. The highest BCUT2D eigenvalue weighted by Gasteiger charge is 2.49. The molecule has 10 heteroatoms. The van der Waals surface area contributed by atoms with Gasteiger partial charge < -0.3 is 4.90 Å². The van der Waals surface area contributed by atoms with E-state index in [2.05, 4.69) is 4.99 Å². The normalized spacial score (nSPS) is 24.1. The van der Waals surface area contributed by atoms with E-state index in [0.717, 1.165) is 0 Å². The van der Waals surface area contributed by atoms with Gasteiger partial charge in [-0.15, -0.1) is 0 Å². The van der Waals surface area contributed by atoms with Crippen LogP contribution in [0.5, 0.6) is 0 Å². The van der Waals surface area contributed by atoms with Crippen molar-refractivity contribution in [3.63, 3.8) is 0 Å². The number of nitrogens with zero attached hydrogens (tertiary/aromatic N) is 2. The summed E-state index contributed by atoms with van der Waals surface area (Å²) in [5, 5.41) is 0.757. The van der Waals surface area contributed by atoms with E-state index in [1.54, 1.807) is 23.1 Å². The molecule has 5 nitrogen and oxygen atoms in total. The summed E-state index contributed by atoms with van der Waals surface area (Å²) in [5.41, 5.74) is 1.16. The molecule has 0 aromatic heterocycles. The molecule has 2 fully saturated rings. The van der Waals surface area contributed by atoms with Crippen molar-refractivity contribution >= 4 is 61.6 Å². The van der Waals surface area contributed by atoms with Crippen molar-refractivity contribution in [3.8, 4) is 0 Å². The fourth-order valence-corrected chi connectivity index (χ4v) is 7.76. The first-order chi connectivity index (χ1) is 13.7. The van der Waals surface area contributed by atoms with E-state index in [1.165, 1.54) is 36.0 Å². The fourth-order valence-electron chi connectivity index (χ4n) is 3.45. The van der Waals surface area contributed by atoms with Gasteiger partial charge in [0.25, 0.3) is 5.91 Å². The van der Waals surface area contributed by atoms with Crippen molar-refractivity contribution in [1.29, 1.82) is 0 Å². The van der Waals surface area contributed by atoms with E-state index in [-0.39, 0.29) is 40.1 Å². The Bertz CT molecular complexity index is 1110. The number of sulfone groups is 1. The summed E-state index contributed by atoms with van der Waals surface area (Å²) in [7, 11) is -3.19. The molecule has 29 heavy (non-hydrogen) atoms. The van der Waals surface area contributed by atoms with Gasteiger partial charge in [-0.3, -0.25) is 4.79 Å². The van der Waals surface area contributed by atoms with Crippen LogP contribution in [0.15, 0.2) is 47.5 Å². The van der Waals surface area contributed by atoms with Crippen molar-refractivity contribution in [2.75, 3.05) is 16.4 Å². The van der Waals surface area contributed by atoms with Crippen LogP contribution in [-0.2, 0) is 21.1 Å². The molecule has 2 aromatic rings. The Hall–Kier alpha value is -1.61. The van der Waals surface area contributed by atoms with E-state index in [0.29, 0.717) is 21.4 Å². The Morgan fingerprint density at radius 3 is 2.62 bits per heavy atom. The van der Waals surface area contributed by atoms with Gasteiger partial charge in [0.2, 0.25) is 0 Å². The lowest BCUT2D eigenvalue weighted by atomic mass is 10.1. The Labute approximate surface area is 181 Å². The minimum absolute atomic E-state index is 0.00902. The number of carbonyl (C=O) groups excluding carboxylic acids is 1. The second-order valence-corrected chi connectivity index (χ2v) is 11.0. The summed E-state index contributed by atoms with van der Waals surface area (Å²) in [5.74, 6) is -0.819. The lowest BCUT2D eigenvalue weighted by molar-refractivity contribution is -0.117. The number of amidine groups is 1. The zero-order valence-electron chi connectivity index (χ0n) is 14.9. The molecule has 2 aliphatic heterocycles. The summed E-state index contributed by atoms with van der Waals surface area (Å²) < 4.78 is 37.3. The first-order valence-electron chi connectivity index (χ1n) is 8.70. The predicted molar refractivity (Wildman–Crippen MR) is 115 cm³/mol. The summed E-state index contributed by atoms with van der Waals surface area (Å²) in [6.07, 6.45) is 0.00902. The smallest absolute Gasteiger partial charge is 0.252 e. The van der Waals surface area contributed by atoms with Gasteiger partial charge in [0.05, 0.1) is 39.7 Å². The number of benzene rings is 2. The first-order valence-corrected chi connectivity index (χ1v) is 12.2. The molecule has 2 aromatic carbocycles. The van der Waals surface area contributed by atoms with Gasteiger partial charge >= 0.3 is 0 Å². The molecule has 0 aliphatic carbocycles. The molecular weight excluding hydrogens is 458 g/mol. The van der Waals surface area contributed by atoms with Crippen LogP contribution in [0.3, 0.4) is 0 Å². The van der Waals surface area contributed by atoms with Gasteiger partial charge in [0.15, 0.2) is 15.0 Å². The van der Waals surface area contributed by atoms with Gasteiger partial charge in [-0.1, -0.05) is 53.2 Å². The predicted octanol–water partition coefficient (Wildman–Crippen LogP) is 3.98. The summed E-state index contributed by atoms with van der Waals surface area (Å²) >= 11 is 13.8. The van der Waals surface area contributed by atoms with Crippen LogP contribution in [0.25, 0.3) is 0 Å². The number of carbonyl (C=O) groups is 1. The lowest BCUT2D eigenvalue weighted by Crippen LogP contribution is -2.38. The Morgan fingerprint density at radius 1 is 1.17 bits per heavy atom. The minimum atomic E-state index is -3.19. The highest BCUT2D eigenvalue weighted by molar-refractivity contribution is 8.16. The van der Waals surface area contributed by atoms with Crippen LogP contribution in [0.2, 0.25) is 10.0 Å². The largest absolute Gasteiger partial charge is 0.314 e. The number of amides is 1. The fraction of sp³-hybridized carbons (Fsp3) is 0.263. The van der Waals surface area contributed by atoms with E-state index in [9.17, 15) is 17.6 Å². The standard InChI is InChI=1S/C19H15Cl2FN2O3S2/c20-13-2-1-3-14(18(13)21)24-15-9-29(26,27)10-16(15)28-19(24)23-17(25)8-11-4-6-12(22)7-5-11/h1-7,15-16H,8-10H2/t15-,16+/m0/s1. The third-order valence-electron chi connectivity index (χ3n) is 4.75.